The summed E-state index contributed by atoms with van der Waals surface area (Å²) in [6.45, 7) is 4.13. The fraction of sp³-hybridized carbons (Fsp3) is 0.346. The SMILES string of the molecule is CC(=O)N[C@H]1Cc2cc(Cl)cc(c2)-c2ccccc2C[C@@H](C(=O)O)NC(=O)[C@H](C)NC(=O)[C@H](C)NC1=O. The Morgan fingerprint density at radius 2 is 1.54 bits per heavy atom. The van der Waals surface area contributed by atoms with Gasteiger partial charge in [0.1, 0.15) is 24.2 Å². The average Bonchev–Trinajstić information content (AvgIpc) is 2.82. The molecule has 5 N–H and O–H groups in total. The molecule has 0 unspecified atom stereocenters. The summed E-state index contributed by atoms with van der Waals surface area (Å²) >= 11 is 6.40. The molecular weight excluding hydrogens is 500 g/mol. The Hall–Kier alpha value is -3.92. The van der Waals surface area contributed by atoms with Crippen LogP contribution < -0.4 is 21.3 Å². The van der Waals surface area contributed by atoms with Crippen LogP contribution >= 0.6 is 11.6 Å². The summed E-state index contributed by atoms with van der Waals surface area (Å²) in [7, 11) is 0. The number of nitrogens with one attached hydrogen (secondary N) is 4. The maximum atomic E-state index is 13.0. The molecule has 1 aliphatic heterocycles. The van der Waals surface area contributed by atoms with E-state index in [1.54, 1.807) is 36.4 Å². The van der Waals surface area contributed by atoms with Gasteiger partial charge in [0.15, 0.2) is 0 Å². The number of hydrogen-bond acceptors (Lipinski definition) is 5. The number of fused-ring (bicyclic) bond motifs is 4. The fourth-order valence-electron chi connectivity index (χ4n) is 4.09. The number of hydrogen-bond donors (Lipinski definition) is 5. The summed E-state index contributed by atoms with van der Waals surface area (Å²) in [4.78, 5) is 62.2. The fourth-order valence-corrected chi connectivity index (χ4v) is 4.35. The minimum Gasteiger partial charge on any atom is -0.480 e. The molecule has 196 valence electrons. The van der Waals surface area contributed by atoms with Crippen LogP contribution in [0.25, 0.3) is 11.1 Å². The molecule has 10 nitrogen and oxygen atoms in total. The second kappa shape index (κ2) is 11.9. The number of carbonyl (C=O) groups is 5. The van der Waals surface area contributed by atoms with E-state index in [-0.39, 0.29) is 12.8 Å². The van der Waals surface area contributed by atoms with Gasteiger partial charge in [-0.25, -0.2) is 4.79 Å². The molecule has 1 aliphatic rings. The van der Waals surface area contributed by atoms with E-state index in [4.69, 9.17) is 11.6 Å². The van der Waals surface area contributed by atoms with Crippen molar-refractivity contribution in [1.29, 1.82) is 0 Å². The average molecular weight is 529 g/mol. The van der Waals surface area contributed by atoms with E-state index in [1.165, 1.54) is 20.8 Å². The number of amides is 4. The molecule has 1 heterocycles. The van der Waals surface area contributed by atoms with Gasteiger partial charge in [-0.15, -0.1) is 0 Å². The highest BCUT2D eigenvalue weighted by atomic mass is 35.5. The minimum atomic E-state index is -1.26. The molecule has 0 aromatic heterocycles. The first-order chi connectivity index (χ1) is 17.4. The van der Waals surface area contributed by atoms with Crippen LogP contribution in [-0.2, 0) is 36.8 Å². The Balaban J connectivity index is 2.11. The van der Waals surface area contributed by atoms with Crippen LogP contribution in [-0.4, -0.2) is 58.9 Å². The van der Waals surface area contributed by atoms with Gasteiger partial charge in [0.05, 0.1) is 0 Å². The van der Waals surface area contributed by atoms with Crippen LogP contribution in [0.3, 0.4) is 0 Å². The molecule has 2 aromatic rings. The Morgan fingerprint density at radius 3 is 2.19 bits per heavy atom. The van der Waals surface area contributed by atoms with E-state index in [2.05, 4.69) is 21.3 Å². The zero-order valence-corrected chi connectivity index (χ0v) is 21.4. The Morgan fingerprint density at radius 1 is 0.919 bits per heavy atom. The largest absolute Gasteiger partial charge is 0.480 e. The van der Waals surface area contributed by atoms with E-state index < -0.39 is 53.8 Å². The van der Waals surface area contributed by atoms with Crippen molar-refractivity contribution in [2.24, 2.45) is 0 Å². The third-order valence-electron chi connectivity index (χ3n) is 5.96. The third-order valence-corrected chi connectivity index (χ3v) is 6.18. The molecule has 2 bridgehead atoms. The van der Waals surface area contributed by atoms with Crippen LogP contribution in [0.5, 0.6) is 0 Å². The summed E-state index contributed by atoms with van der Waals surface area (Å²) < 4.78 is 0. The van der Waals surface area contributed by atoms with Crippen molar-refractivity contribution in [2.45, 2.75) is 57.8 Å². The molecule has 0 fully saturated rings. The third kappa shape index (κ3) is 7.29. The predicted octanol–water partition coefficient (Wildman–Crippen LogP) is 1.19. The van der Waals surface area contributed by atoms with Crippen molar-refractivity contribution in [3.05, 3.63) is 58.6 Å². The van der Waals surface area contributed by atoms with Crippen molar-refractivity contribution < 1.29 is 29.1 Å². The van der Waals surface area contributed by atoms with E-state index in [0.717, 1.165) is 0 Å². The van der Waals surface area contributed by atoms with E-state index in [1.807, 2.05) is 6.07 Å². The van der Waals surface area contributed by atoms with Gasteiger partial charge in [-0.05, 0) is 48.2 Å². The highest BCUT2D eigenvalue weighted by Gasteiger charge is 2.29. The van der Waals surface area contributed by atoms with Crippen molar-refractivity contribution in [3.63, 3.8) is 0 Å². The van der Waals surface area contributed by atoms with Gasteiger partial charge >= 0.3 is 5.97 Å². The standard InChI is InChI=1S/C26H29ClN4O6/c1-13-23(33)28-14(2)24(34)31-22(26(36)37)12-17-6-4-5-7-20(17)18-8-16(9-19(27)11-18)10-21(25(35)29-13)30-15(3)32/h4-9,11,13-14,21-22H,10,12H2,1-3H3,(H,28,33)(H,29,35)(H,30,32)(H,31,34)(H,36,37)/t13-,14-,21-,22-/m0/s1. The summed E-state index contributed by atoms with van der Waals surface area (Å²) in [5.41, 5.74) is 2.67. The minimum absolute atomic E-state index is 0.0231. The summed E-state index contributed by atoms with van der Waals surface area (Å²) in [5, 5.41) is 20.3. The number of carboxylic acids is 1. The first kappa shape index (κ1) is 27.7. The van der Waals surface area contributed by atoms with Gasteiger partial charge in [0.25, 0.3) is 0 Å². The molecule has 0 radical (unpaired) electrons. The maximum absolute atomic E-state index is 13.0. The quantitative estimate of drug-likeness (QED) is 0.394. The summed E-state index contributed by atoms with van der Waals surface area (Å²) in [6, 6.07) is 7.94. The molecule has 0 saturated carbocycles. The van der Waals surface area contributed by atoms with Crippen molar-refractivity contribution in [1.82, 2.24) is 21.3 Å². The van der Waals surface area contributed by atoms with Gasteiger partial charge in [0.2, 0.25) is 23.6 Å². The smallest absolute Gasteiger partial charge is 0.326 e. The first-order valence-corrected chi connectivity index (χ1v) is 12.1. The highest BCUT2D eigenvalue weighted by molar-refractivity contribution is 6.31. The normalized spacial score (nSPS) is 23.0. The molecule has 37 heavy (non-hydrogen) atoms. The van der Waals surface area contributed by atoms with Gasteiger partial charge in [-0.1, -0.05) is 41.9 Å². The molecule has 11 heteroatoms. The second-order valence-corrected chi connectivity index (χ2v) is 9.46. The number of aliphatic carboxylic acids is 1. The van der Waals surface area contributed by atoms with E-state index in [9.17, 15) is 29.1 Å². The summed E-state index contributed by atoms with van der Waals surface area (Å²) in [6.07, 6.45) is 0.0639. The zero-order valence-electron chi connectivity index (χ0n) is 20.6. The number of halogens is 1. The van der Waals surface area contributed by atoms with Crippen LogP contribution in [0.1, 0.15) is 31.9 Å². The Kier molecular flexibility index (Phi) is 8.88. The van der Waals surface area contributed by atoms with Crippen LogP contribution in [0.2, 0.25) is 5.02 Å². The van der Waals surface area contributed by atoms with Crippen LogP contribution in [0.15, 0.2) is 42.5 Å². The number of carbonyl (C=O) groups excluding carboxylic acids is 4. The van der Waals surface area contributed by atoms with Gasteiger partial charge in [-0.3, -0.25) is 19.2 Å². The lowest BCUT2D eigenvalue weighted by Crippen LogP contribution is -2.56. The van der Waals surface area contributed by atoms with Crippen LogP contribution in [0.4, 0.5) is 0 Å². The van der Waals surface area contributed by atoms with E-state index in [0.29, 0.717) is 27.3 Å². The van der Waals surface area contributed by atoms with Gasteiger partial charge in [-0.2, -0.15) is 0 Å². The maximum Gasteiger partial charge on any atom is 0.326 e. The Bertz CT molecular complexity index is 1230. The number of rotatable bonds is 2. The molecule has 0 saturated heterocycles. The van der Waals surface area contributed by atoms with Gasteiger partial charge < -0.3 is 26.4 Å². The predicted molar refractivity (Wildman–Crippen MR) is 137 cm³/mol. The Labute approximate surface area is 219 Å². The molecule has 3 rings (SSSR count). The monoisotopic (exact) mass is 528 g/mol. The lowest BCUT2D eigenvalue weighted by Gasteiger charge is -2.22. The second-order valence-electron chi connectivity index (χ2n) is 9.03. The van der Waals surface area contributed by atoms with Crippen molar-refractivity contribution >= 4 is 41.2 Å². The highest BCUT2D eigenvalue weighted by Crippen LogP contribution is 2.29. The molecule has 2 aromatic carbocycles. The molecular formula is C26H29ClN4O6. The number of carboxylic acid groups (broad SMARTS) is 1. The lowest BCUT2D eigenvalue weighted by atomic mass is 9.93. The zero-order chi connectivity index (χ0) is 27.3. The first-order valence-electron chi connectivity index (χ1n) is 11.7. The van der Waals surface area contributed by atoms with Crippen molar-refractivity contribution in [3.8, 4) is 11.1 Å². The molecule has 0 aliphatic carbocycles. The molecule has 0 spiro atoms. The lowest BCUT2D eigenvalue weighted by molar-refractivity contribution is -0.142. The van der Waals surface area contributed by atoms with Crippen LogP contribution in [0, 0.1) is 0 Å². The molecule has 4 amide bonds. The van der Waals surface area contributed by atoms with E-state index >= 15 is 0 Å². The topological polar surface area (TPSA) is 154 Å². The van der Waals surface area contributed by atoms with Crippen molar-refractivity contribution in [2.75, 3.05) is 0 Å². The summed E-state index contributed by atoms with van der Waals surface area (Å²) in [5.74, 6) is -3.59. The van der Waals surface area contributed by atoms with Gasteiger partial charge in [0, 0.05) is 24.8 Å². The molecule has 4 atom stereocenters. The number of benzene rings is 2.